The molecule has 0 bridgehead atoms. The molecule has 0 heterocycles. The Kier molecular flexibility index (Phi) is 3.49. The van der Waals surface area contributed by atoms with Crippen molar-refractivity contribution in [3.63, 3.8) is 0 Å². The standard InChI is InChI=1S/C13H15ClO2/c1-16-10-6-7-12(14)11(8-10)13(15)9-4-2-3-5-9/h6-9H,2-5H2,1H3. The van der Waals surface area contributed by atoms with E-state index >= 15 is 0 Å². The van der Waals surface area contributed by atoms with Crippen LogP contribution >= 0.6 is 11.6 Å². The lowest BCUT2D eigenvalue weighted by Crippen LogP contribution is -2.11. The summed E-state index contributed by atoms with van der Waals surface area (Å²) in [5.74, 6) is 1.01. The number of hydrogen-bond acceptors (Lipinski definition) is 2. The van der Waals surface area contributed by atoms with Crippen LogP contribution in [0.2, 0.25) is 5.02 Å². The van der Waals surface area contributed by atoms with Crippen LogP contribution in [0.25, 0.3) is 0 Å². The number of halogens is 1. The number of rotatable bonds is 3. The first-order chi connectivity index (χ1) is 7.72. The van der Waals surface area contributed by atoms with Crippen LogP contribution in [-0.2, 0) is 0 Å². The van der Waals surface area contributed by atoms with Gasteiger partial charge in [-0.1, -0.05) is 24.4 Å². The molecule has 0 N–H and O–H groups in total. The zero-order chi connectivity index (χ0) is 11.5. The third-order valence-corrected chi connectivity index (χ3v) is 3.49. The normalized spacial score (nSPS) is 16.4. The van der Waals surface area contributed by atoms with E-state index < -0.39 is 0 Å². The fourth-order valence-electron chi connectivity index (χ4n) is 2.23. The van der Waals surface area contributed by atoms with Gasteiger partial charge in [0, 0.05) is 11.5 Å². The summed E-state index contributed by atoms with van der Waals surface area (Å²) in [6, 6.07) is 5.24. The first kappa shape index (κ1) is 11.5. The minimum Gasteiger partial charge on any atom is -0.497 e. The van der Waals surface area contributed by atoms with Crippen molar-refractivity contribution in [3.8, 4) is 5.75 Å². The van der Waals surface area contributed by atoms with E-state index in [0.29, 0.717) is 16.3 Å². The van der Waals surface area contributed by atoms with Gasteiger partial charge in [-0.2, -0.15) is 0 Å². The molecule has 0 amide bonds. The number of carbonyl (C=O) groups is 1. The molecule has 2 nitrogen and oxygen atoms in total. The Morgan fingerprint density at radius 1 is 1.38 bits per heavy atom. The third kappa shape index (κ3) is 2.22. The molecule has 1 aromatic carbocycles. The summed E-state index contributed by atoms with van der Waals surface area (Å²) in [5, 5.41) is 0.526. The van der Waals surface area contributed by atoms with E-state index in [4.69, 9.17) is 16.3 Å². The van der Waals surface area contributed by atoms with Crippen LogP contribution in [0.15, 0.2) is 18.2 Å². The summed E-state index contributed by atoms with van der Waals surface area (Å²) < 4.78 is 5.11. The van der Waals surface area contributed by atoms with E-state index in [2.05, 4.69) is 0 Å². The van der Waals surface area contributed by atoms with Crippen LogP contribution in [-0.4, -0.2) is 12.9 Å². The molecule has 2 rings (SSSR count). The lowest BCUT2D eigenvalue weighted by atomic mass is 9.96. The monoisotopic (exact) mass is 238 g/mol. The SMILES string of the molecule is COc1ccc(Cl)c(C(=O)C2CCCC2)c1. The molecular formula is C13H15ClO2. The van der Waals surface area contributed by atoms with Crippen LogP contribution in [0.3, 0.4) is 0 Å². The molecule has 0 unspecified atom stereocenters. The van der Waals surface area contributed by atoms with Crippen molar-refractivity contribution in [3.05, 3.63) is 28.8 Å². The predicted molar refractivity (Wildman–Crippen MR) is 64.3 cm³/mol. The van der Waals surface area contributed by atoms with Crippen molar-refractivity contribution in [1.82, 2.24) is 0 Å². The Bertz CT molecular complexity index is 395. The molecule has 0 aromatic heterocycles. The van der Waals surface area contributed by atoms with Crippen LogP contribution in [0.4, 0.5) is 0 Å². The first-order valence-corrected chi connectivity index (χ1v) is 5.98. The smallest absolute Gasteiger partial charge is 0.167 e. The number of methoxy groups -OCH3 is 1. The molecule has 0 spiro atoms. The van der Waals surface area contributed by atoms with Crippen molar-refractivity contribution in [2.24, 2.45) is 5.92 Å². The van der Waals surface area contributed by atoms with Crippen LogP contribution in [0.1, 0.15) is 36.0 Å². The van der Waals surface area contributed by atoms with Gasteiger partial charge in [0.05, 0.1) is 12.1 Å². The molecule has 86 valence electrons. The van der Waals surface area contributed by atoms with Gasteiger partial charge >= 0.3 is 0 Å². The molecule has 1 saturated carbocycles. The Morgan fingerprint density at radius 3 is 2.69 bits per heavy atom. The van der Waals surface area contributed by atoms with E-state index in [0.717, 1.165) is 25.7 Å². The van der Waals surface area contributed by atoms with Crippen molar-refractivity contribution in [2.45, 2.75) is 25.7 Å². The number of benzene rings is 1. The Morgan fingerprint density at radius 2 is 2.06 bits per heavy atom. The van der Waals surface area contributed by atoms with Gasteiger partial charge < -0.3 is 4.74 Å². The maximum Gasteiger partial charge on any atom is 0.167 e. The lowest BCUT2D eigenvalue weighted by molar-refractivity contribution is 0.0922. The first-order valence-electron chi connectivity index (χ1n) is 5.60. The predicted octanol–water partition coefficient (Wildman–Crippen LogP) is 3.72. The number of hydrogen-bond donors (Lipinski definition) is 0. The number of Topliss-reactive ketones (excluding diaryl/α,β-unsaturated/α-hetero) is 1. The van der Waals surface area contributed by atoms with Gasteiger partial charge in [0.15, 0.2) is 5.78 Å². The van der Waals surface area contributed by atoms with Crippen LogP contribution < -0.4 is 4.74 Å². The zero-order valence-electron chi connectivity index (χ0n) is 9.33. The van der Waals surface area contributed by atoms with Gasteiger partial charge in [0.1, 0.15) is 5.75 Å². The van der Waals surface area contributed by atoms with Crippen molar-refractivity contribution in [2.75, 3.05) is 7.11 Å². The fraction of sp³-hybridized carbons (Fsp3) is 0.462. The lowest BCUT2D eigenvalue weighted by Gasteiger charge is -2.10. The molecule has 0 atom stereocenters. The number of ketones is 1. The second-order valence-corrected chi connectivity index (χ2v) is 4.60. The maximum absolute atomic E-state index is 12.2. The Hall–Kier alpha value is -1.02. The van der Waals surface area contributed by atoms with Crippen molar-refractivity contribution >= 4 is 17.4 Å². The highest BCUT2D eigenvalue weighted by atomic mass is 35.5. The minimum absolute atomic E-state index is 0.157. The highest BCUT2D eigenvalue weighted by molar-refractivity contribution is 6.34. The van der Waals surface area contributed by atoms with Gasteiger partial charge in [-0.05, 0) is 31.0 Å². The second-order valence-electron chi connectivity index (χ2n) is 4.19. The fourth-order valence-corrected chi connectivity index (χ4v) is 2.44. The molecule has 1 aliphatic rings. The van der Waals surface area contributed by atoms with Gasteiger partial charge in [-0.25, -0.2) is 0 Å². The van der Waals surface area contributed by atoms with E-state index in [1.807, 2.05) is 0 Å². The summed E-state index contributed by atoms with van der Waals surface area (Å²) in [7, 11) is 1.59. The summed E-state index contributed by atoms with van der Waals surface area (Å²) in [6.07, 6.45) is 4.29. The minimum atomic E-state index is 0.157. The summed E-state index contributed by atoms with van der Waals surface area (Å²) in [4.78, 5) is 12.2. The summed E-state index contributed by atoms with van der Waals surface area (Å²) in [5.41, 5.74) is 0.605. The van der Waals surface area contributed by atoms with Gasteiger partial charge in [0.25, 0.3) is 0 Å². The van der Waals surface area contributed by atoms with Gasteiger partial charge in [-0.3, -0.25) is 4.79 Å². The molecule has 0 saturated heterocycles. The molecule has 1 fully saturated rings. The quantitative estimate of drug-likeness (QED) is 0.751. The Balaban J connectivity index is 2.27. The van der Waals surface area contributed by atoms with E-state index in [-0.39, 0.29) is 11.7 Å². The van der Waals surface area contributed by atoms with Gasteiger partial charge in [-0.15, -0.1) is 0 Å². The van der Waals surface area contributed by atoms with Crippen molar-refractivity contribution in [1.29, 1.82) is 0 Å². The zero-order valence-corrected chi connectivity index (χ0v) is 10.1. The highest BCUT2D eigenvalue weighted by Gasteiger charge is 2.25. The van der Waals surface area contributed by atoms with E-state index in [1.54, 1.807) is 25.3 Å². The maximum atomic E-state index is 12.2. The molecule has 3 heteroatoms. The number of carbonyl (C=O) groups excluding carboxylic acids is 1. The second kappa shape index (κ2) is 4.88. The summed E-state index contributed by atoms with van der Waals surface area (Å²) >= 11 is 6.05. The molecule has 1 aromatic rings. The average Bonchev–Trinajstić information content (AvgIpc) is 2.82. The molecule has 1 aliphatic carbocycles. The van der Waals surface area contributed by atoms with Crippen LogP contribution in [0.5, 0.6) is 5.75 Å². The average molecular weight is 239 g/mol. The molecular weight excluding hydrogens is 224 g/mol. The molecule has 16 heavy (non-hydrogen) atoms. The largest absolute Gasteiger partial charge is 0.497 e. The third-order valence-electron chi connectivity index (χ3n) is 3.16. The van der Waals surface area contributed by atoms with Crippen LogP contribution in [0, 0.1) is 5.92 Å². The van der Waals surface area contributed by atoms with Gasteiger partial charge in [0.2, 0.25) is 0 Å². The Labute approximate surface area is 101 Å². The van der Waals surface area contributed by atoms with E-state index in [9.17, 15) is 4.79 Å². The number of ether oxygens (including phenoxy) is 1. The topological polar surface area (TPSA) is 26.3 Å². The summed E-state index contributed by atoms with van der Waals surface area (Å²) in [6.45, 7) is 0. The molecule has 0 radical (unpaired) electrons. The van der Waals surface area contributed by atoms with E-state index in [1.165, 1.54) is 0 Å². The molecule has 0 aliphatic heterocycles. The van der Waals surface area contributed by atoms with Crippen molar-refractivity contribution < 1.29 is 9.53 Å². The highest BCUT2D eigenvalue weighted by Crippen LogP contribution is 2.31.